The van der Waals surface area contributed by atoms with Crippen LogP contribution in [0.5, 0.6) is 0 Å². The Morgan fingerprint density at radius 3 is 2.62 bits per heavy atom. The number of rotatable bonds is 3. The third kappa shape index (κ3) is 2.18. The lowest BCUT2D eigenvalue weighted by Crippen LogP contribution is -2.13. The van der Waals surface area contributed by atoms with E-state index in [1.807, 2.05) is 0 Å². The molecular formula is C10H11N5O. The highest BCUT2D eigenvalue weighted by Gasteiger charge is 2.06. The van der Waals surface area contributed by atoms with Crippen LogP contribution in [0.3, 0.4) is 0 Å². The number of nitrogens with zero attached hydrogens (tertiary/aromatic N) is 1. The highest BCUT2D eigenvalue weighted by Crippen LogP contribution is 2.09. The van der Waals surface area contributed by atoms with Crippen LogP contribution in [0.2, 0.25) is 0 Å². The summed E-state index contributed by atoms with van der Waals surface area (Å²) in [5.74, 6) is 5.42. The minimum Gasteiger partial charge on any atom is -0.331 e. The number of nitrogen functional groups attached to an aromatic ring is 1. The van der Waals surface area contributed by atoms with Crippen molar-refractivity contribution in [2.75, 3.05) is 10.7 Å². The summed E-state index contributed by atoms with van der Waals surface area (Å²) in [6.45, 7) is 0. The van der Waals surface area contributed by atoms with E-state index >= 15 is 0 Å². The Kier molecular flexibility index (Phi) is 2.84. The van der Waals surface area contributed by atoms with Crippen LogP contribution in [0.1, 0.15) is 10.4 Å². The van der Waals surface area contributed by atoms with Crippen molar-refractivity contribution in [1.29, 1.82) is 0 Å². The summed E-state index contributed by atoms with van der Waals surface area (Å²) in [7, 11) is 0. The molecule has 2 aromatic rings. The first-order valence-corrected chi connectivity index (χ1v) is 4.67. The summed E-state index contributed by atoms with van der Waals surface area (Å²) in [4.78, 5) is 18.4. The van der Waals surface area contributed by atoms with Crippen LogP contribution in [-0.4, -0.2) is 15.9 Å². The Hall–Kier alpha value is -2.34. The van der Waals surface area contributed by atoms with Crippen LogP contribution in [0.25, 0.3) is 0 Å². The van der Waals surface area contributed by atoms with Crippen LogP contribution < -0.4 is 16.6 Å². The van der Waals surface area contributed by atoms with Gasteiger partial charge in [0.15, 0.2) is 0 Å². The molecule has 0 bridgehead atoms. The molecule has 1 aromatic carbocycles. The molecular weight excluding hydrogens is 206 g/mol. The van der Waals surface area contributed by atoms with Crippen molar-refractivity contribution in [3.05, 3.63) is 42.2 Å². The van der Waals surface area contributed by atoms with Crippen LogP contribution in [0.4, 0.5) is 11.6 Å². The zero-order valence-corrected chi connectivity index (χ0v) is 8.40. The predicted molar refractivity (Wildman–Crippen MR) is 60.8 cm³/mol. The molecule has 16 heavy (non-hydrogen) atoms. The molecule has 0 aliphatic carbocycles. The van der Waals surface area contributed by atoms with Gasteiger partial charge in [-0.2, -0.15) is 0 Å². The fourth-order valence-corrected chi connectivity index (χ4v) is 1.23. The van der Waals surface area contributed by atoms with E-state index in [0.717, 1.165) is 5.69 Å². The number of aromatic amines is 1. The first kappa shape index (κ1) is 10.2. The van der Waals surface area contributed by atoms with Crippen molar-refractivity contribution in [2.24, 2.45) is 5.84 Å². The maximum atomic E-state index is 11.7. The lowest BCUT2D eigenvalue weighted by molar-refractivity contribution is 0.102. The SMILES string of the molecule is NNc1ccc(C(=O)Nc2ncc[nH]2)cc1. The average Bonchev–Trinajstić information content (AvgIpc) is 2.82. The minimum absolute atomic E-state index is 0.224. The molecule has 0 aliphatic rings. The molecule has 0 spiro atoms. The van der Waals surface area contributed by atoms with Gasteiger partial charge in [-0.25, -0.2) is 4.98 Å². The second-order valence-electron chi connectivity index (χ2n) is 3.11. The van der Waals surface area contributed by atoms with Crippen LogP contribution in [0, 0.1) is 0 Å². The van der Waals surface area contributed by atoms with Crippen molar-refractivity contribution in [3.63, 3.8) is 0 Å². The van der Waals surface area contributed by atoms with Gasteiger partial charge >= 0.3 is 0 Å². The number of amides is 1. The smallest absolute Gasteiger partial charge is 0.257 e. The van der Waals surface area contributed by atoms with E-state index in [0.29, 0.717) is 11.5 Å². The van der Waals surface area contributed by atoms with Gasteiger partial charge in [-0.15, -0.1) is 0 Å². The molecule has 82 valence electrons. The zero-order chi connectivity index (χ0) is 11.4. The van der Waals surface area contributed by atoms with E-state index in [2.05, 4.69) is 20.7 Å². The Bertz CT molecular complexity index is 462. The second kappa shape index (κ2) is 4.45. The normalized spacial score (nSPS) is 9.81. The third-order valence-electron chi connectivity index (χ3n) is 2.04. The number of hydrazine groups is 1. The highest BCUT2D eigenvalue weighted by molar-refractivity contribution is 6.03. The summed E-state index contributed by atoms with van der Waals surface area (Å²) in [6, 6.07) is 6.79. The maximum Gasteiger partial charge on any atom is 0.257 e. The average molecular weight is 217 g/mol. The molecule has 0 fully saturated rings. The number of hydrogen-bond donors (Lipinski definition) is 4. The Labute approximate surface area is 91.9 Å². The lowest BCUT2D eigenvalue weighted by atomic mass is 10.2. The van der Waals surface area contributed by atoms with Gasteiger partial charge in [0.1, 0.15) is 0 Å². The highest BCUT2D eigenvalue weighted by atomic mass is 16.1. The number of carbonyl (C=O) groups is 1. The molecule has 1 aromatic heterocycles. The molecule has 0 aliphatic heterocycles. The first-order chi connectivity index (χ1) is 7.79. The molecule has 0 unspecified atom stereocenters. The fraction of sp³-hybridized carbons (Fsp3) is 0. The van der Waals surface area contributed by atoms with E-state index in [-0.39, 0.29) is 5.91 Å². The largest absolute Gasteiger partial charge is 0.331 e. The number of aromatic nitrogens is 2. The summed E-state index contributed by atoms with van der Waals surface area (Å²) < 4.78 is 0. The summed E-state index contributed by atoms with van der Waals surface area (Å²) >= 11 is 0. The summed E-state index contributed by atoms with van der Waals surface area (Å²) in [6.07, 6.45) is 3.20. The molecule has 0 saturated heterocycles. The van der Waals surface area contributed by atoms with Crippen molar-refractivity contribution < 1.29 is 4.79 Å². The monoisotopic (exact) mass is 217 g/mol. The van der Waals surface area contributed by atoms with Gasteiger partial charge in [-0.3, -0.25) is 16.0 Å². The summed E-state index contributed by atoms with van der Waals surface area (Å²) in [5.41, 5.74) is 3.77. The van der Waals surface area contributed by atoms with E-state index in [1.165, 1.54) is 0 Å². The van der Waals surface area contributed by atoms with Gasteiger partial charge in [0, 0.05) is 23.6 Å². The molecule has 1 heterocycles. The molecule has 5 N–H and O–H groups in total. The van der Waals surface area contributed by atoms with Crippen molar-refractivity contribution >= 4 is 17.5 Å². The van der Waals surface area contributed by atoms with Crippen LogP contribution in [-0.2, 0) is 0 Å². The molecule has 2 rings (SSSR count). The van der Waals surface area contributed by atoms with Gasteiger partial charge < -0.3 is 10.4 Å². The molecule has 0 radical (unpaired) electrons. The van der Waals surface area contributed by atoms with Gasteiger partial charge in [-0.05, 0) is 24.3 Å². The van der Waals surface area contributed by atoms with Gasteiger partial charge in [0.25, 0.3) is 5.91 Å². The minimum atomic E-state index is -0.224. The van der Waals surface area contributed by atoms with Crippen LogP contribution in [0.15, 0.2) is 36.7 Å². The fourth-order valence-electron chi connectivity index (χ4n) is 1.23. The molecule has 0 saturated carbocycles. The van der Waals surface area contributed by atoms with Crippen molar-refractivity contribution in [3.8, 4) is 0 Å². The Morgan fingerprint density at radius 1 is 1.31 bits per heavy atom. The van der Waals surface area contributed by atoms with Gasteiger partial charge in [-0.1, -0.05) is 0 Å². The number of anilines is 2. The second-order valence-corrected chi connectivity index (χ2v) is 3.11. The number of benzene rings is 1. The van der Waals surface area contributed by atoms with E-state index in [4.69, 9.17) is 5.84 Å². The maximum absolute atomic E-state index is 11.7. The van der Waals surface area contributed by atoms with E-state index < -0.39 is 0 Å². The number of nitrogens with two attached hydrogens (primary N) is 1. The third-order valence-corrected chi connectivity index (χ3v) is 2.04. The van der Waals surface area contributed by atoms with Gasteiger partial charge in [0.05, 0.1) is 0 Å². The van der Waals surface area contributed by atoms with Crippen molar-refractivity contribution in [1.82, 2.24) is 9.97 Å². The number of nitrogens with one attached hydrogen (secondary N) is 3. The molecule has 6 nitrogen and oxygen atoms in total. The topological polar surface area (TPSA) is 95.8 Å². The van der Waals surface area contributed by atoms with Crippen molar-refractivity contribution in [2.45, 2.75) is 0 Å². The first-order valence-electron chi connectivity index (χ1n) is 4.67. The molecule has 1 amide bonds. The van der Waals surface area contributed by atoms with E-state index in [9.17, 15) is 4.79 Å². The lowest BCUT2D eigenvalue weighted by Gasteiger charge is -2.03. The number of carbonyl (C=O) groups excluding carboxylic acids is 1. The van der Waals surface area contributed by atoms with E-state index in [1.54, 1.807) is 36.7 Å². The van der Waals surface area contributed by atoms with Crippen LogP contribution >= 0.6 is 0 Å². The number of H-pyrrole nitrogens is 1. The summed E-state index contributed by atoms with van der Waals surface area (Å²) in [5, 5.41) is 2.62. The standard InChI is InChI=1S/C10H11N5O/c11-15-8-3-1-7(2-4-8)9(16)14-10-12-5-6-13-10/h1-6,15H,11H2,(H2,12,13,14,16). The van der Waals surface area contributed by atoms with Gasteiger partial charge in [0.2, 0.25) is 5.95 Å². The quantitative estimate of drug-likeness (QED) is 0.454. The molecule has 0 atom stereocenters. The molecule has 6 heteroatoms. The number of imidazole rings is 1. The Morgan fingerprint density at radius 2 is 2.06 bits per heavy atom. The Balaban J connectivity index is 2.09. The number of hydrogen-bond acceptors (Lipinski definition) is 4. The zero-order valence-electron chi connectivity index (χ0n) is 8.40. The predicted octanol–water partition coefficient (Wildman–Crippen LogP) is 0.948.